The van der Waals surface area contributed by atoms with E-state index in [1.165, 1.54) is 11.8 Å². The quantitative estimate of drug-likeness (QED) is 0.859. The standard InChI is InChI=1S/C16H16N2O3S/c1-11(22-15-4-2-3-7-17-15)16(19)18-9-12-5-6-13-14(8-12)21-10-20-13/h2-8,11H,9-10H2,1H3,(H,18,19)/t11-/m1/s1. The maximum absolute atomic E-state index is 12.1. The predicted molar refractivity (Wildman–Crippen MR) is 84.0 cm³/mol. The van der Waals surface area contributed by atoms with E-state index in [9.17, 15) is 4.79 Å². The monoisotopic (exact) mass is 316 g/mol. The van der Waals surface area contributed by atoms with E-state index in [0.717, 1.165) is 22.1 Å². The first kappa shape index (κ1) is 14.7. The van der Waals surface area contributed by atoms with Gasteiger partial charge in [-0.15, -0.1) is 0 Å². The molecule has 1 aliphatic rings. The lowest BCUT2D eigenvalue weighted by Crippen LogP contribution is -2.30. The molecule has 0 radical (unpaired) electrons. The van der Waals surface area contributed by atoms with Gasteiger partial charge in [0.1, 0.15) is 0 Å². The molecule has 6 heteroatoms. The van der Waals surface area contributed by atoms with E-state index in [2.05, 4.69) is 10.3 Å². The van der Waals surface area contributed by atoms with E-state index >= 15 is 0 Å². The second kappa shape index (κ2) is 6.70. The number of carbonyl (C=O) groups is 1. The van der Waals surface area contributed by atoms with Crippen LogP contribution >= 0.6 is 11.8 Å². The topological polar surface area (TPSA) is 60.5 Å². The molecule has 3 rings (SSSR count). The molecule has 114 valence electrons. The van der Waals surface area contributed by atoms with Crippen LogP contribution in [0.1, 0.15) is 12.5 Å². The van der Waals surface area contributed by atoms with Crippen molar-refractivity contribution in [3.05, 3.63) is 48.2 Å². The van der Waals surface area contributed by atoms with E-state index in [4.69, 9.17) is 9.47 Å². The fraction of sp³-hybridized carbons (Fsp3) is 0.250. The number of nitrogens with one attached hydrogen (secondary N) is 1. The Balaban J connectivity index is 1.53. The fourth-order valence-corrected chi connectivity index (χ4v) is 2.87. The zero-order chi connectivity index (χ0) is 15.4. The Labute approximate surface area is 133 Å². The molecule has 1 aliphatic heterocycles. The van der Waals surface area contributed by atoms with Crippen molar-refractivity contribution in [3.63, 3.8) is 0 Å². The van der Waals surface area contributed by atoms with E-state index in [1.807, 2.05) is 43.3 Å². The maximum atomic E-state index is 12.1. The lowest BCUT2D eigenvalue weighted by molar-refractivity contribution is -0.120. The Morgan fingerprint density at radius 1 is 1.32 bits per heavy atom. The average molecular weight is 316 g/mol. The number of carbonyl (C=O) groups excluding carboxylic acids is 1. The van der Waals surface area contributed by atoms with Gasteiger partial charge in [-0.3, -0.25) is 4.79 Å². The van der Waals surface area contributed by atoms with Crippen molar-refractivity contribution in [2.24, 2.45) is 0 Å². The molecule has 2 heterocycles. The van der Waals surface area contributed by atoms with Gasteiger partial charge in [-0.25, -0.2) is 4.98 Å². The Kier molecular flexibility index (Phi) is 4.48. The van der Waals surface area contributed by atoms with Crippen molar-refractivity contribution in [3.8, 4) is 11.5 Å². The fourth-order valence-electron chi connectivity index (χ4n) is 2.04. The molecule has 1 atom stereocenters. The highest BCUT2D eigenvalue weighted by molar-refractivity contribution is 8.00. The predicted octanol–water partition coefficient (Wildman–Crippen LogP) is 2.61. The molecule has 0 saturated carbocycles. The smallest absolute Gasteiger partial charge is 0.233 e. The summed E-state index contributed by atoms with van der Waals surface area (Å²) in [4.78, 5) is 16.4. The van der Waals surface area contributed by atoms with Crippen LogP contribution in [0.4, 0.5) is 0 Å². The molecule has 1 aromatic heterocycles. The van der Waals surface area contributed by atoms with Crippen LogP contribution in [0.3, 0.4) is 0 Å². The van der Waals surface area contributed by atoms with Crippen LogP contribution in [-0.2, 0) is 11.3 Å². The first-order valence-electron chi connectivity index (χ1n) is 6.96. The number of fused-ring (bicyclic) bond motifs is 1. The normalized spacial score (nSPS) is 13.7. The van der Waals surface area contributed by atoms with Crippen molar-refractivity contribution < 1.29 is 14.3 Å². The number of amides is 1. The lowest BCUT2D eigenvalue weighted by Gasteiger charge is -2.11. The summed E-state index contributed by atoms with van der Waals surface area (Å²) in [7, 11) is 0. The number of rotatable bonds is 5. The molecule has 0 unspecified atom stereocenters. The Hall–Kier alpha value is -2.21. The number of hydrogen-bond acceptors (Lipinski definition) is 5. The van der Waals surface area contributed by atoms with E-state index in [1.54, 1.807) is 6.20 Å². The summed E-state index contributed by atoms with van der Waals surface area (Å²) < 4.78 is 10.6. The lowest BCUT2D eigenvalue weighted by atomic mass is 10.2. The first-order valence-corrected chi connectivity index (χ1v) is 7.84. The van der Waals surface area contributed by atoms with Crippen LogP contribution in [0.25, 0.3) is 0 Å². The molecule has 0 fully saturated rings. The van der Waals surface area contributed by atoms with E-state index in [0.29, 0.717) is 6.54 Å². The highest BCUT2D eigenvalue weighted by atomic mass is 32.2. The third kappa shape index (κ3) is 3.51. The van der Waals surface area contributed by atoms with Crippen molar-refractivity contribution in [1.82, 2.24) is 10.3 Å². The summed E-state index contributed by atoms with van der Waals surface area (Å²) in [5, 5.41) is 3.56. The zero-order valence-corrected chi connectivity index (χ0v) is 12.9. The summed E-state index contributed by atoms with van der Waals surface area (Å²) >= 11 is 1.44. The van der Waals surface area contributed by atoms with Crippen molar-refractivity contribution >= 4 is 17.7 Å². The van der Waals surface area contributed by atoms with Gasteiger partial charge in [-0.1, -0.05) is 23.9 Å². The van der Waals surface area contributed by atoms with Crippen molar-refractivity contribution in [1.29, 1.82) is 0 Å². The minimum Gasteiger partial charge on any atom is -0.454 e. The SMILES string of the molecule is C[C@@H](Sc1ccccn1)C(=O)NCc1ccc2c(c1)OCO2. The van der Waals surface area contributed by atoms with Crippen molar-refractivity contribution in [2.45, 2.75) is 23.7 Å². The van der Waals surface area contributed by atoms with Gasteiger partial charge in [0.25, 0.3) is 0 Å². The highest BCUT2D eigenvalue weighted by Crippen LogP contribution is 2.32. The third-order valence-electron chi connectivity index (χ3n) is 3.21. The molecule has 5 nitrogen and oxygen atoms in total. The molecule has 0 bridgehead atoms. The van der Waals surface area contributed by atoms with Gasteiger partial charge in [-0.05, 0) is 36.8 Å². The summed E-state index contributed by atoms with van der Waals surface area (Å²) in [6.45, 7) is 2.58. The molecule has 1 N–H and O–H groups in total. The van der Waals surface area contributed by atoms with E-state index in [-0.39, 0.29) is 18.0 Å². The first-order chi connectivity index (χ1) is 10.7. The largest absolute Gasteiger partial charge is 0.454 e. The summed E-state index contributed by atoms with van der Waals surface area (Å²) in [6, 6.07) is 11.3. The van der Waals surface area contributed by atoms with Gasteiger partial charge in [0, 0.05) is 12.7 Å². The van der Waals surface area contributed by atoms with Crippen LogP contribution in [0.5, 0.6) is 11.5 Å². The summed E-state index contributed by atoms with van der Waals surface area (Å²) in [6.07, 6.45) is 1.72. The molecule has 22 heavy (non-hydrogen) atoms. The highest BCUT2D eigenvalue weighted by Gasteiger charge is 2.16. The number of hydrogen-bond donors (Lipinski definition) is 1. The molecule has 0 saturated heterocycles. The van der Waals surface area contributed by atoms with Gasteiger partial charge in [-0.2, -0.15) is 0 Å². The molecule has 0 aliphatic carbocycles. The van der Waals surface area contributed by atoms with Gasteiger partial charge < -0.3 is 14.8 Å². The van der Waals surface area contributed by atoms with Crippen LogP contribution in [-0.4, -0.2) is 22.9 Å². The maximum Gasteiger partial charge on any atom is 0.233 e. The molecule has 1 aromatic carbocycles. The minimum atomic E-state index is -0.205. The molecular weight excluding hydrogens is 300 g/mol. The van der Waals surface area contributed by atoms with Crippen LogP contribution in [0.2, 0.25) is 0 Å². The average Bonchev–Trinajstić information content (AvgIpc) is 3.01. The van der Waals surface area contributed by atoms with Crippen LogP contribution in [0, 0.1) is 0 Å². The second-order valence-corrected chi connectivity index (χ2v) is 6.19. The number of aromatic nitrogens is 1. The minimum absolute atomic E-state index is 0.0201. The third-order valence-corrected chi connectivity index (χ3v) is 4.26. The number of benzene rings is 1. The zero-order valence-electron chi connectivity index (χ0n) is 12.1. The van der Waals surface area contributed by atoms with Gasteiger partial charge in [0.2, 0.25) is 12.7 Å². The van der Waals surface area contributed by atoms with E-state index < -0.39 is 0 Å². The van der Waals surface area contributed by atoms with Crippen LogP contribution in [0.15, 0.2) is 47.6 Å². The van der Waals surface area contributed by atoms with Gasteiger partial charge in [0.05, 0.1) is 10.3 Å². The summed E-state index contributed by atoms with van der Waals surface area (Å²) in [5.74, 6) is 1.45. The number of ether oxygens (including phenoxy) is 2. The number of thioether (sulfide) groups is 1. The van der Waals surface area contributed by atoms with Gasteiger partial charge in [0.15, 0.2) is 11.5 Å². The van der Waals surface area contributed by atoms with Crippen molar-refractivity contribution in [2.75, 3.05) is 6.79 Å². The summed E-state index contributed by atoms with van der Waals surface area (Å²) in [5.41, 5.74) is 0.979. The molecule has 0 spiro atoms. The number of pyridine rings is 1. The molecular formula is C16H16N2O3S. The molecule has 1 amide bonds. The van der Waals surface area contributed by atoms with Crippen LogP contribution < -0.4 is 14.8 Å². The Bertz CT molecular complexity index is 664. The Morgan fingerprint density at radius 3 is 3.00 bits per heavy atom. The molecule has 2 aromatic rings. The Morgan fingerprint density at radius 2 is 2.18 bits per heavy atom. The van der Waals surface area contributed by atoms with Gasteiger partial charge >= 0.3 is 0 Å². The second-order valence-electron chi connectivity index (χ2n) is 4.83. The number of nitrogens with zero attached hydrogens (tertiary/aromatic N) is 1.